The van der Waals surface area contributed by atoms with E-state index >= 15 is 0 Å². The van der Waals surface area contributed by atoms with E-state index in [4.69, 9.17) is 4.52 Å². The first-order valence-corrected chi connectivity index (χ1v) is 6.54. The van der Waals surface area contributed by atoms with E-state index < -0.39 is 17.4 Å². The number of rotatable bonds is 5. The van der Waals surface area contributed by atoms with E-state index in [0.29, 0.717) is 11.3 Å². The van der Waals surface area contributed by atoms with Gasteiger partial charge in [0, 0.05) is 6.07 Å². The van der Waals surface area contributed by atoms with E-state index in [1.165, 1.54) is 6.07 Å². The summed E-state index contributed by atoms with van der Waals surface area (Å²) < 4.78 is 4.84. The van der Waals surface area contributed by atoms with Crippen LogP contribution in [0.5, 0.6) is 0 Å². The minimum absolute atomic E-state index is 0.0579. The number of carbonyl (C=O) groups is 2. The summed E-state index contributed by atoms with van der Waals surface area (Å²) >= 11 is 0. The molecule has 0 saturated carbocycles. The molecule has 1 amide bonds. The van der Waals surface area contributed by atoms with Crippen LogP contribution in [-0.2, 0) is 10.3 Å². The summed E-state index contributed by atoms with van der Waals surface area (Å²) in [7, 11) is 0. The maximum absolute atomic E-state index is 12.2. The van der Waals surface area contributed by atoms with Crippen LogP contribution in [0.15, 0.2) is 40.9 Å². The van der Waals surface area contributed by atoms with Crippen molar-refractivity contribution in [3.8, 4) is 0 Å². The Kier molecular flexibility index (Phi) is 4.07. The molecular formula is C15H16N2O4. The van der Waals surface area contributed by atoms with Crippen molar-refractivity contribution in [1.82, 2.24) is 10.5 Å². The quantitative estimate of drug-likeness (QED) is 0.879. The summed E-state index contributed by atoms with van der Waals surface area (Å²) in [5, 5.41) is 15.8. The first-order chi connectivity index (χ1) is 9.99. The van der Waals surface area contributed by atoms with Crippen LogP contribution in [-0.4, -0.2) is 22.1 Å². The molecule has 1 aromatic heterocycles. The fourth-order valence-electron chi connectivity index (χ4n) is 2.15. The molecule has 0 fully saturated rings. The molecule has 2 rings (SSSR count). The zero-order valence-corrected chi connectivity index (χ0v) is 11.8. The zero-order chi connectivity index (χ0) is 15.5. The first-order valence-electron chi connectivity index (χ1n) is 6.54. The highest BCUT2D eigenvalue weighted by molar-refractivity contribution is 5.96. The minimum Gasteiger partial charge on any atom is -0.479 e. The van der Waals surface area contributed by atoms with Gasteiger partial charge in [0.05, 0.1) is 0 Å². The second-order valence-corrected chi connectivity index (χ2v) is 4.71. The van der Waals surface area contributed by atoms with Crippen molar-refractivity contribution < 1.29 is 19.2 Å². The zero-order valence-electron chi connectivity index (χ0n) is 11.8. The van der Waals surface area contributed by atoms with Gasteiger partial charge in [-0.15, -0.1) is 0 Å². The van der Waals surface area contributed by atoms with Gasteiger partial charge in [-0.3, -0.25) is 4.79 Å². The number of carboxylic acid groups (broad SMARTS) is 1. The van der Waals surface area contributed by atoms with Crippen LogP contribution in [0.25, 0.3) is 0 Å². The van der Waals surface area contributed by atoms with Gasteiger partial charge in [0.2, 0.25) is 0 Å². The van der Waals surface area contributed by atoms with Gasteiger partial charge < -0.3 is 14.9 Å². The van der Waals surface area contributed by atoms with Crippen molar-refractivity contribution >= 4 is 11.9 Å². The topological polar surface area (TPSA) is 92.4 Å². The fourth-order valence-corrected chi connectivity index (χ4v) is 2.15. The van der Waals surface area contributed by atoms with Gasteiger partial charge in [0.25, 0.3) is 5.91 Å². The van der Waals surface area contributed by atoms with Gasteiger partial charge in [0.15, 0.2) is 11.2 Å². The number of hydrogen-bond acceptors (Lipinski definition) is 4. The van der Waals surface area contributed by atoms with E-state index in [-0.39, 0.29) is 12.1 Å². The largest absolute Gasteiger partial charge is 0.479 e. The van der Waals surface area contributed by atoms with Gasteiger partial charge >= 0.3 is 5.97 Å². The predicted molar refractivity (Wildman–Crippen MR) is 74.8 cm³/mol. The summed E-state index contributed by atoms with van der Waals surface area (Å²) in [5.74, 6) is -1.22. The standard InChI is InChI=1S/C15H16N2O4/c1-3-15(14(19)20,11-7-5-4-6-8-11)16-13(18)12-9-10(2)21-17-12/h4-9H,3H2,1-2H3,(H,16,18)(H,19,20). The monoisotopic (exact) mass is 288 g/mol. The number of aromatic nitrogens is 1. The highest BCUT2D eigenvalue weighted by atomic mass is 16.5. The Hall–Kier alpha value is -2.63. The van der Waals surface area contributed by atoms with Crippen LogP contribution >= 0.6 is 0 Å². The van der Waals surface area contributed by atoms with Crippen molar-refractivity contribution in [2.24, 2.45) is 0 Å². The minimum atomic E-state index is -1.49. The van der Waals surface area contributed by atoms with Crippen molar-refractivity contribution in [2.45, 2.75) is 25.8 Å². The van der Waals surface area contributed by atoms with Gasteiger partial charge in [-0.1, -0.05) is 42.4 Å². The molecule has 21 heavy (non-hydrogen) atoms. The maximum atomic E-state index is 12.2. The second kappa shape index (κ2) is 5.78. The Morgan fingerprint density at radius 3 is 2.48 bits per heavy atom. The Labute approximate surface area is 121 Å². The molecule has 0 saturated heterocycles. The Balaban J connectivity index is 2.38. The highest BCUT2D eigenvalue weighted by Gasteiger charge is 2.40. The number of benzene rings is 1. The third-order valence-electron chi connectivity index (χ3n) is 3.35. The lowest BCUT2D eigenvalue weighted by atomic mass is 9.87. The molecule has 110 valence electrons. The molecular weight excluding hydrogens is 272 g/mol. The number of nitrogens with zero attached hydrogens (tertiary/aromatic N) is 1. The maximum Gasteiger partial charge on any atom is 0.334 e. The average Bonchev–Trinajstić information content (AvgIpc) is 2.92. The molecule has 0 aliphatic carbocycles. The highest BCUT2D eigenvalue weighted by Crippen LogP contribution is 2.26. The van der Waals surface area contributed by atoms with Crippen LogP contribution in [0.3, 0.4) is 0 Å². The molecule has 0 aliphatic heterocycles. The lowest BCUT2D eigenvalue weighted by Gasteiger charge is -2.29. The van der Waals surface area contributed by atoms with E-state index in [9.17, 15) is 14.7 Å². The molecule has 0 aliphatic rings. The summed E-state index contributed by atoms with van der Waals surface area (Å²) in [6, 6.07) is 10.1. The number of carboxylic acids is 1. The summed E-state index contributed by atoms with van der Waals surface area (Å²) in [6.45, 7) is 3.36. The molecule has 0 spiro atoms. The second-order valence-electron chi connectivity index (χ2n) is 4.71. The summed E-state index contributed by atoms with van der Waals surface area (Å²) in [4.78, 5) is 24.0. The third-order valence-corrected chi connectivity index (χ3v) is 3.35. The van der Waals surface area contributed by atoms with Crippen molar-refractivity contribution in [3.05, 3.63) is 53.4 Å². The number of amides is 1. The van der Waals surface area contributed by atoms with Crippen LogP contribution in [0.1, 0.15) is 35.2 Å². The van der Waals surface area contributed by atoms with Gasteiger partial charge in [-0.25, -0.2) is 4.79 Å². The van der Waals surface area contributed by atoms with Crippen molar-refractivity contribution in [3.63, 3.8) is 0 Å². The molecule has 1 aromatic carbocycles. The van der Waals surface area contributed by atoms with Crippen LogP contribution < -0.4 is 5.32 Å². The van der Waals surface area contributed by atoms with E-state index in [1.54, 1.807) is 44.2 Å². The SMILES string of the molecule is CCC(NC(=O)c1cc(C)on1)(C(=O)O)c1ccccc1. The Bertz CT molecular complexity index is 651. The number of carbonyl (C=O) groups excluding carboxylic acids is 1. The molecule has 1 heterocycles. The smallest absolute Gasteiger partial charge is 0.334 e. The molecule has 0 bridgehead atoms. The first kappa shape index (κ1) is 14.8. The molecule has 6 heteroatoms. The van der Waals surface area contributed by atoms with Crippen LogP contribution in [0.2, 0.25) is 0 Å². The van der Waals surface area contributed by atoms with E-state index in [1.807, 2.05) is 0 Å². The number of hydrogen-bond donors (Lipinski definition) is 2. The molecule has 1 unspecified atom stereocenters. The summed E-state index contributed by atoms with van der Waals surface area (Å²) in [5.41, 5.74) is -0.929. The lowest BCUT2D eigenvalue weighted by Crippen LogP contribution is -2.51. The van der Waals surface area contributed by atoms with Crippen LogP contribution in [0, 0.1) is 6.92 Å². The lowest BCUT2D eigenvalue weighted by molar-refractivity contribution is -0.145. The molecule has 6 nitrogen and oxygen atoms in total. The molecule has 2 N–H and O–H groups in total. The normalized spacial score (nSPS) is 13.4. The predicted octanol–water partition coefficient (Wildman–Crippen LogP) is 2.10. The number of nitrogens with one attached hydrogen (secondary N) is 1. The number of aryl methyl sites for hydroxylation is 1. The van der Waals surface area contributed by atoms with Gasteiger partial charge in [-0.05, 0) is 18.9 Å². The van der Waals surface area contributed by atoms with Crippen molar-refractivity contribution in [2.75, 3.05) is 0 Å². The van der Waals surface area contributed by atoms with E-state index in [0.717, 1.165) is 0 Å². The van der Waals surface area contributed by atoms with Gasteiger partial charge in [0.1, 0.15) is 5.76 Å². The Morgan fingerprint density at radius 1 is 1.33 bits per heavy atom. The summed E-state index contributed by atoms with van der Waals surface area (Å²) in [6.07, 6.45) is 0.203. The number of aliphatic carboxylic acids is 1. The van der Waals surface area contributed by atoms with Crippen LogP contribution in [0.4, 0.5) is 0 Å². The van der Waals surface area contributed by atoms with Crippen molar-refractivity contribution in [1.29, 1.82) is 0 Å². The average molecular weight is 288 g/mol. The van der Waals surface area contributed by atoms with E-state index in [2.05, 4.69) is 10.5 Å². The molecule has 2 aromatic rings. The van der Waals surface area contributed by atoms with Gasteiger partial charge in [-0.2, -0.15) is 0 Å². The fraction of sp³-hybridized carbons (Fsp3) is 0.267. The Morgan fingerprint density at radius 2 is 2.00 bits per heavy atom. The third kappa shape index (κ3) is 2.79. The molecule has 0 radical (unpaired) electrons. The molecule has 1 atom stereocenters.